The number of pyridine rings is 1. The lowest BCUT2D eigenvalue weighted by Crippen LogP contribution is -2.17. The van der Waals surface area contributed by atoms with Gasteiger partial charge in [-0.1, -0.05) is 30.3 Å². The number of aromatic nitrogens is 2. The van der Waals surface area contributed by atoms with Gasteiger partial charge in [-0.15, -0.1) is 0 Å². The number of hydrogen-bond donors (Lipinski definition) is 1. The summed E-state index contributed by atoms with van der Waals surface area (Å²) >= 11 is 0. The van der Waals surface area contributed by atoms with Crippen molar-refractivity contribution in [2.24, 2.45) is 5.10 Å². The first kappa shape index (κ1) is 17.6. The number of nitrogens with zero attached hydrogens (tertiary/aromatic N) is 3. The van der Waals surface area contributed by atoms with Crippen LogP contribution >= 0.6 is 0 Å². The van der Waals surface area contributed by atoms with Gasteiger partial charge < -0.3 is 4.57 Å². The van der Waals surface area contributed by atoms with E-state index >= 15 is 0 Å². The minimum atomic E-state index is -0.320. The third-order valence-electron chi connectivity index (χ3n) is 4.38. The molecule has 1 amide bonds. The predicted molar refractivity (Wildman–Crippen MR) is 107 cm³/mol. The molecule has 2 aromatic heterocycles. The summed E-state index contributed by atoms with van der Waals surface area (Å²) in [6.07, 6.45) is 6.68. The zero-order chi connectivity index (χ0) is 19.3. The summed E-state index contributed by atoms with van der Waals surface area (Å²) in [4.78, 5) is 16.0. The molecule has 0 radical (unpaired) electrons. The quantitative estimate of drug-likeness (QED) is 0.425. The minimum Gasteiger partial charge on any atom is -0.342 e. The number of amides is 1. The third kappa shape index (κ3) is 3.81. The molecule has 0 unspecified atom stereocenters. The summed E-state index contributed by atoms with van der Waals surface area (Å²) in [5.41, 5.74) is 5.87. The van der Waals surface area contributed by atoms with Crippen LogP contribution < -0.4 is 5.43 Å². The largest absolute Gasteiger partial charge is 0.342 e. The zero-order valence-corrected chi connectivity index (χ0v) is 14.9. The second-order valence-corrected chi connectivity index (χ2v) is 6.30. The summed E-state index contributed by atoms with van der Waals surface area (Å²) in [7, 11) is 0. The maximum absolute atomic E-state index is 13.1. The van der Waals surface area contributed by atoms with Crippen molar-refractivity contribution in [2.75, 3.05) is 0 Å². The topological polar surface area (TPSA) is 59.3 Å². The average Bonchev–Trinajstić information content (AvgIpc) is 3.08. The number of rotatable bonds is 5. The lowest BCUT2D eigenvalue weighted by atomic mass is 10.2. The van der Waals surface area contributed by atoms with Gasteiger partial charge in [0.05, 0.1) is 11.8 Å². The molecule has 6 heteroatoms. The van der Waals surface area contributed by atoms with Crippen molar-refractivity contribution in [1.29, 1.82) is 0 Å². The maximum Gasteiger partial charge on any atom is 0.272 e. The van der Waals surface area contributed by atoms with E-state index in [1.807, 2.05) is 30.5 Å². The lowest BCUT2D eigenvalue weighted by Gasteiger charge is -2.05. The molecule has 0 aliphatic rings. The van der Waals surface area contributed by atoms with Gasteiger partial charge in [-0.2, -0.15) is 5.10 Å². The Kier molecular flexibility index (Phi) is 4.93. The molecule has 0 aliphatic carbocycles. The van der Waals surface area contributed by atoms with Gasteiger partial charge in [-0.05, 0) is 35.9 Å². The van der Waals surface area contributed by atoms with Crippen molar-refractivity contribution in [3.8, 4) is 0 Å². The van der Waals surface area contributed by atoms with Crippen LogP contribution in [0.4, 0.5) is 4.39 Å². The second-order valence-electron chi connectivity index (χ2n) is 6.30. The van der Waals surface area contributed by atoms with E-state index in [0.29, 0.717) is 12.1 Å². The van der Waals surface area contributed by atoms with E-state index in [0.717, 1.165) is 22.0 Å². The number of fused-ring (bicyclic) bond motifs is 1. The van der Waals surface area contributed by atoms with Gasteiger partial charge in [0, 0.05) is 41.6 Å². The van der Waals surface area contributed by atoms with Gasteiger partial charge in [0.2, 0.25) is 0 Å². The van der Waals surface area contributed by atoms with Crippen molar-refractivity contribution in [2.45, 2.75) is 6.54 Å². The van der Waals surface area contributed by atoms with E-state index in [2.05, 4.69) is 20.1 Å². The normalized spacial score (nSPS) is 11.2. The van der Waals surface area contributed by atoms with E-state index in [1.54, 1.807) is 36.7 Å². The van der Waals surface area contributed by atoms with Gasteiger partial charge in [-0.3, -0.25) is 9.78 Å². The Labute approximate surface area is 161 Å². The number of para-hydroxylation sites is 1. The fourth-order valence-corrected chi connectivity index (χ4v) is 3.02. The highest BCUT2D eigenvalue weighted by Crippen LogP contribution is 2.21. The highest BCUT2D eigenvalue weighted by Gasteiger charge is 2.08. The second kappa shape index (κ2) is 7.84. The van der Waals surface area contributed by atoms with Gasteiger partial charge in [-0.25, -0.2) is 9.82 Å². The molecule has 1 N–H and O–H groups in total. The van der Waals surface area contributed by atoms with Gasteiger partial charge in [0.15, 0.2) is 0 Å². The molecule has 0 saturated heterocycles. The molecule has 0 saturated carbocycles. The van der Waals surface area contributed by atoms with Gasteiger partial charge in [0.1, 0.15) is 5.82 Å². The van der Waals surface area contributed by atoms with Crippen molar-refractivity contribution in [3.63, 3.8) is 0 Å². The van der Waals surface area contributed by atoms with Crippen LogP contribution in [0.3, 0.4) is 0 Å². The molecule has 0 aliphatic heterocycles. The Morgan fingerprint density at radius 2 is 1.93 bits per heavy atom. The molecular weight excluding hydrogens is 355 g/mol. The summed E-state index contributed by atoms with van der Waals surface area (Å²) in [5.74, 6) is -0.572. The third-order valence-corrected chi connectivity index (χ3v) is 4.38. The van der Waals surface area contributed by atoms with Crippen molar-refractivity contribution >= 4 is 23.0 Å². The number of hydrogen-bond acceptors (Lipinski definition) is 3. The average molecular weight is 372 g/mol. The smallest absolute Gasteiger partial charge is 0.272 e. The van der Waals surface area contributed by atoms with E-state index in [9.17, 15) is 9.18 Å². The monoisotopic (exact) mass is 372 g/mol. The molecule has 0 spiro atoms. The number of nitrogens with one attached hydrogen (secondary N) is 1. The van der Waals surface area contributed by atoms with Crippen molar-refractivity contribution in [1.82, 2.24) is 15.0 Å². The first-order valence-corrected chi connectivity index (χ1v) is 8.76. The predicted octanol–water partition coefficient (Wildman–Crippen LogP) is 3.99. The highest BCUT2D eigenvalue weighted by molar-refractivity contribution is 6.00. The lowest BCUT2D eigenvalue weighted by molar-refractivity contribution is 0.0955. The molecule has 0 bridgehead atoms. The Balaban J connectivity index is 1.57. The van der Waals surface area contributed by atoms with E-state index in [4.69, 9.17) is 0 Å². The molecule has 4 aromatic rings. The van der Waals surface area contributed by atoms with E-state index < -0.39 is 0 Å². The van der Waals surface area contributed by atoms with Crippen LogP contribution in [-0.2, 0) is 6.54 Å². The van der Waals surface area contributed by atoms with Crippen LogP contribution in [0, 0.1) is 5.82 Å². The van der Waals surface area contributed by atoms with Crippen LogP contribution in [-0.4, -0.2) is 21.7 Å². The fourth-order valence-electron chi connectivity index (χ4n) is 3.02. The molecule has 28 heavy (non-hydrogen) atoms. The Morgan fingerprint density at radius 1 is 1.11 bits per heavy atom. The van der Waals surface area contributed by atoms with Crippen LogP contribution in [0.1, 0.15) is 21.5 Å². The van der Waals surface area contributed by atoms with Crippen LogP contribution in [0.5, 0.6) is 0 Å². The zero-order valence-electron chi connectivity index (χ0n) is 14.9. The molecule has 2 aromatic carbocycles. The molecule has 5 nitrogen and oxygen atoms in total. The van der Waals surface area contributed by atoms with Crippen molar-refractivity contribution < 1.29 is 9.18 Å². The fraction of sp³-hybridized carbons (Fsp3) is 0.0455. The Morgan fingerprint density at radius 3 is 2.71 bits per heavy atom. The Hall–Kier alpha value is -3.80. The Bertz CT molecular complexity index is 1130. The maximum atomic E-state index is 13.1. The highest BCUT2D eigenvalue weighted by atomic mass is 19.1. The molecule has 2 heterocycles. The number of carbonyl (C=O) groups is 1. The van der Waals surface area contributed by atoms with Gasteiger partial charge >= 0.3 is 0 Å². The van der Waals surface area contributed by atoms with E-state index in [1.165, 1.54) is 18.3 Å². The minimum absolute atomic E-state index is 0.252. The molecule has 0 fully saturated rings. The summed E-state index contributed by atoms with van der Waals surface area (Å²) in [5, 5.41) is 5.10. The van der Waals surface area contributed by atoms with Crippen LogP contribution in [0.25, 0.3) is 10.9 Å². The summed E-state index contributed by atoms with van der Waals surface area (Å²) in [6, 6.07) is 17.8. The van der Waals surface area contributed by atoms with Crippen LogP contribution in [0.2, 0.25) is 0 Å². The summed E-state index contributed by atoms with van der Waals surface area (Å²) < 4.78 is 15.2. The first-order chi connectivity index (χ1) is 13.7. The summed E-state index contributed by atoms with van der Waals surface area (Å²) in [6.45, 7) is 0.608. The molecule has 138 valence electrons. The molecular formula is C22H17FN4O. The van der Waals surface area contributed by atoms with Crippen LogP contribution in [0.15, 0.2) is 84.4 Å². The molecule has 0 atom stereocenters. The van der Waals surface area contributed by atoms with E-state index in [-0.39, 0.29) is 11.7 Å². The number of benzene rings is 2. The SMILES string of the molecule is O=C(NN=Cc1cn(Cc2ccc(F)cc2)c2ccccc12)c1cccnc1. The van der Waals surface area contributed by atoms with Gasteiger partial charge in [0.25, 0.3) is 5.91 Å². The number of carbonyl (C=O) groups excluding carboxylic acids is 1. The standard InChI is InChI=1S/C22H17FN4O/c23-19-9-7-16(8-10-19)14-27-15-18(20-5-1-2-6-21(20)27)13-25-26-22(28)17-4-3-11-24-12-17/h1-13,15H,14H2,(H,26,28). The first-order valence-electron chi connectivity index (χ1n) is 8.76. The number of halogens is 1. The molecule has 4 rings (SSSR count). The van der Waals surface area contributed by atoms with Crippen molar-refractivity contribution in [3.05, 3.63) is 102 Å². The number of hydrazone groups is 1.